The van der Waals surface area contributed by atoms with E-state index in [1.54, 1.807) is 79.7 Å². The average Bonchev–Trinajstić information content (AvgIpc) is 3.05. The Kier molecular flexibility index (Phi) is 11.0. The first-order chi connectivity index (χ1) is 21.7. The predicted molar refractivity (Wildman–Crippen MR) is 174 cm³/mol. The maximum Gasteiger partial charge on any atom is 0.335 e. The van der Waals surface area contributed by atoms with E-state index < -0.39 is 23.0 Å². The van der Waals surface area contributed by atoms with Crippen LogP contribution < -0.4 is 25.4 Å². The number of benzene rings is 4. The third-order valence-electron chi connectivity index (χ3n) is 6.46. The number of amides is 3. The van der Waals surface area contributed by atoms with Gasteiger partial charge in [-0.3, -0.25) is 14.4 Å². The molecule has 0 heterocycles. The van der Waals surface area contributed by atoms with Crippen molar-refractivity contribution in [2.45, 2.75) is 17.1 Å². The molecule has 4 aromatic rings. The molecular formula is C34H31N3O7S. The van der Waals surface area contributed by atoms with Gasteiger partial charge in [-0.1, -0.05) is 18.2 Å². The number of ether oxygens (including phenoxy) is 2. The Balaban J connectivity index is 1.47. The van der Waals surface area contributed by atoms with Crippen molar-refractivity contribution in [3.8, 4) is 11.5 Å². The second-order valence-corrected chi connectivity index (χ2v) is 11.0. The van der Waals surface area contributed by atoms with Crippen molar-refractivity contribution >= 4 is 52.9 Å². The van der Waals surface area contributed by atoms with Gasteiger partial charge in [0.15, 0.2) is 0 Å². The molecule has 1 atom stereocenters. The second kappa shape index (κ2) is 15.3. The molecule has 0 aromatic heterocycles. The number of carbonyl (C=O) groups excluding carboxylic acids is 3. The van der Waals surface area contributed by atoms with E-state index in [0.29, 0.717) is 34.0 Å². The van der Waals surface area contributed by atoms with Crippen LogP contribution in [0.1, 0.15) is 33.2 Å². The summed E-state index contributed by atoms with van der Waals surface area (Å²) < 4.78 is 10.8. The standard InChI is InChI=1S/C34H31N3O7S/c1-21(31(38)35-25-11-9-23(10-12-25)34(41)42)45-28-16-13-26(14-17-28)36-33(40)29(37-32(39)22-7-5-4-6-8-22)20-24-19-27(43-2)15-18-30(24)44-3/h4-21H,1-3H3,(H,35,38)(H,36,40)(H,37,39)(H,41,42)/b29-20-. The lowest BCUT2D eigenvalue weighted by atomic mass is 10.1. The number of anilines is 2. The first-order valence-corrected chi connectivity index (χ1v) is 14.6. The molecule has 0 saturated carbocycles. The quantitative estimate of drug-likeness (QED) is 0.112. The van der Waals surface area contributed by atoms with E-state index in [1.165, 1.54) is 56.3 Å². The molecule has 11 heteroatoms. The molecule has 0 aliphatic carbocycles. The summed E-state index contributed by atoms with van der Waals surface area (Å²) >= 11 is 1.32. The lowest BCUT2D eigenvalue weighted by molar-refractivity contribution is -0.115. The van der Waals surface area contributed by atoms with Crippen LogP contribution in [-0.4, -0.2) is 48.3 Å². The first-order valence-electron chi connectivity index (χ1n) is 13.7. The molecule has 45 heavy (non-hydrogen) atoms. The van der Waals surface area contributed by atoms with E-state index >= 15 is 0 Å². The van der Waals surface area contributed by atoms with Crippen LogP contribution in [0.2, 0.25) is 0 Å². The molecule has 0 spiro atoms. The van der Waals surface area contributed by atoms with E-state index in [4.69, 9.17) is 14.6 Å². The average molecular weight is 626 g/mol. The van der Waals surface area contributed by atoms with Crippen LogP contribution in [0, 0.1) is 0 Å². The van der Waals surface area contributed by atoms with Gasteiger partial charge < -0.3 is 30.5 Å². The summed E-state index contributed by atoms with van der Waals surface area (Å²) in [4.78, 5) is 51.0. The SMILES string of the molecule is COc1ccc(OC)c(/C=C(\NC(=O)c2ccccc2)C(=O)Nc2ccc(SC(C)C(=O)Nc3ccc(C(=O)O)cc3)cc2)c1. The van der Waals surface area contributed by atoms with Crippen LogP contribution in [0.25, 0.3) is 6.08 Å². The molecule has 0 fully saturated rings. The highest BCUT2D eigenvalue weighted by atomic mass is 32.2. The number of carboxylic acids is 1. The van der Waals surface area contributed by atoms with Crippen molar-refractivity contribution < 1.29 is 33.8 Å². The zero-order valence-corrected chi connectivity index (χ0v) is 25.5. The highest BCUT2D eigenvalue weighted by Crippen LogP contribution is 2.28. The van der Waals surface area contributed by atoms with Crippen LogP contribution in [0.4, 0.5) is 11.4 Å². The largest absolute Gasteiger partial charge is 0.497 e. The Morgan fingerprint density at radius 3 is 2.04 bits per heavy atom. The molecule has 0 radical (unpaired) electrons. The highest BCUT2D eigenvalue weighted by molar-refractivity contribution is 8.00. The van der Waals surface area contributed by atoms with Crippen molar-refractivity contribution in [2.75, 3.05) is 24.9 Å². The smallest absolute Gasteiger partial charge is 0.335 e. The van der Waals surface area contributed by atoms with Crippen LogP contribution >= 0.6 is 11.8 Å². The van der Waals surface area contributed by atoms with Gasteiger partial charge in [-0.25, -0.2) is 4.79 Å². The Morgan fingerprint density at radius 2 is 1.42 bits per heavy atom. The number of hydrogen-bond donors (Lipinski definition) is 4. The Labute approximate surface area is 264 Å². The molecule has 4 N–H and O–H groups in total. The summed E-state index contributed by atoms with van der Waals surface area (Å²) in [5.41, 5.74) is 1.97. The van der Waals surface area contributed by atoms with Crippen molar-refractivity contribution in [2.24, 2.45) is 0 Å². The lowest BCUT2D eigenvalue weighted by Gasteiger charge is -2.14. The van der Waals surface area contributed by atoms with Crippen LogP contribution in [-0.2, 0) is 9.59 Å². The van der Waals surface area contributed by atoms with Gasteiger partial charge in [0, 0.05) is 27.4 Å². The fraction of sp³-hybridized carbons (Fsp3) is 0.118. The summed E-state index contributed by atoms with van der Waals surface area (Å²) in [6, 6.07) is 26.5. The molecule has 0 aliphatic heterocycles. The minimum atomic E-state index is -1.04. The number of carboxylic acid groups (broad SMARTS) is 1. The number of carbonyl (C=O) groups is 4. The Morgan fingerprint density at radius 1 is 0.778 bits per heavy atom. The highest BCUT2D eigenvalue weighted by Gasteiger charge is 2.18. The maximum atomic E-state index is 13.5. The summed E-state index contributed by atoms with van der Waals surface area (Å²) in [6.45, 7) is 1.75. The molecule has 0 saturated heterocycles. The van der Waals surface area contributed by atoms with Gasteiger partial charge in [0.05, 0.1) is 25.0 Å². The van der Waals surface area contributed by atoms with Gasteiger partial charge in [0.25, 0.3) is 11.8 Å². The van der Waals surface area contributed by atoms with Crippen LogP contribution in [0.3, 0.4) is 0 Å². The molecule has 230 valence electrons. The summed E-state index contributed by atoms with van der Waals surface area (Å²) in [6.07, 6.45) is 1.51. The topological polar surface area (TPSA) is 143 Å². The Hall–Kier alpha value is -5.55. The molecule has 3 amide bonds. The third kappa shape index (κ3) is 8.97. The summed E-state index contributed by atoms with van der Waals surface area (Å²) in [5.74, 6) is -1.30. The number of thioether (sulfide) groups is 1. The number of methoxy groups -OCH3 is 2. The minimum Gasteiger partial charge on any atom is -0.497 e. The number of rotatable bonds is 12. The van der Waals surface area contributed by atoms with E-state index in [9.17, 15) is 19.2 Å². The molecule has 0 bridgehead atoms. The van der Waals surface area contributed by atoms with E-state index in [-0.39, 0.29) is 17.2 Å². The maximum absolute atomic E-state index is 13.5. The van der Waals surface area contributed by atoms with Crippen molar-refractivity contribution in [1.29, 1.82) is 0 Å². The van der Waals surface area contributed by atoms with Crippen molar-refractivity contribution in [1.82, 2.24) is 5.32 Å². The van der Waals surface area contributed by atoms with Gasteiger partial charge in [0.2, 0.25) is 5.91 Å². The Bertz CT molecular complexity index is 1710. The number of aromatic carboxylic acids is 1. The zero-order valence-electron chi connectivity index (χ0n) is 24.7. The number of nitrogens with one attached hydrogen (secondary N) is 3. The molecule has 1 unspecified atom stereocenters. The van der Waals surface area contributed by atoms with E-state index in [1.807, 2.05) is 0 Å². The fourth-order valence-corrected chi connectivity index (χ4v) is 4.93. The predicted octanol–water partition coefficient (Wildman–Crippen LogP) is 5.93. The van der Waals surface area contributed by atoms with Crippen LogP contribution in [0.5, 0.6) is 11.5 Å². The molecule has 10 nitrogen and oxygen atoms in total. The molecule has 4 aromatic carbocycles. The van der Waals surface area contributed by atoms with Crippen LogP contribution in [0.15, 0.2) is 108 Å². The molecule has 4 rings (SSSR count). The second-order valence-electron chi connectivity index (χ2n) is 9.60. The number of hydrogen-bond acceptors (Lipinski definition) is 7. The molecular weight excluding hydrogens is 594 g/mol. The van der Waals surface area contributed by atoms with E-state index in [2.05, 4.69) is 16.0 Å². The fourth-order valence-electron chi connectivity index (χ4n) is 4.06. The third-order valence-corrected chi connectivity index (χ3v) is 7.57. The lowest BCUT2D eigenvalue weighted by Crippen LogP contribution is -2.30. The minimum absolute atomic E-state index is 0.0180. The van der Waals surface area contributed by atoms with Gasteiger partial charge >= 0.3 is 5.97 Å². The van der Waals surface area contributed by atoms with Gasteiger partial charge in [-0.2, -0.15) is 0 Å². The van der Waals surface area contributed by atoms with Crippen molar-refractivity contribution in [3.63, 3.8) is 0 Å². The first kappa shape index (κ1) is 32.4. The monoisotopic (exact) mass is 625 g/mol. The van der Waals surface area contributed by atoms with Gasteiger partial charge in [-0.15, -0.1) is 11.8 Å². The summed E-state index contributed by atoms with van der Waals surface area (Å²) in [7, 11) is 3.03. The normalized spacial score (nSPS) is 11.6. The summed E-state index contributed by atoms with van der Waals surface area (Å²) in [5, 5.41) is 16.9. The van der Waals surface area contributed by atoms with Gasteiger partial charge in [0.1, 0.15) is 17.2 Å². The molecule has 0 aliphatic rings. The zero-order chi connectivity index (χ0) is 32.3. The van der Waals surface area contributed by atoms with Crippen molar-refractivity contribution in [3.05, 3.63) is 119 Å². The van der Waals surface area contributed by atoms with Gasteiger partial charge in [-0.05, 0) is 91.9 Å². The van der Waals surface area contributed by atoms with E-state index in [0.717, 1.165) is 4.90 Å².